The minimum Gasteiger partial charge on any atom is -0.308 e. The van der Waals surface area contributed by atoms with Crippen molar-refractivity contribution in [3.8, 4) is 0 Å². The number of halogens is 1. The molecule has 0 spiro atoms. The van der Waals surface area contributed by atoms with Gasteiger partial charge in [0.25, 0.3) is 5.56 Å². The van der Waals surface area contributed by atoms with Crippen LogP contribution in [0.2, 0.25) is 5.02 Å². The van der Waals surface area contributed by atoms with E-state index in [4.69, 9.17) is 11.6 Å². The molecule has 0 aliphatic rings. The number of hydrogen-bond acceptors (Lipinski definition) is 1. The lowest BCUT2D eigenvalue weighted by Gasteiger charge is -2.14. The molecule has 2 nitrogen and oxygen atoms in total. The van der Waals surface area contributed by atoms with Gasteiger partial charge in [0.1, 0.15) is 0 Å². The van der Waals surface area contributed by atoms with E-state index in [9.17, 15) is 4.79 Å². The Balaban J connectivity index is 2.23. The molecule has 0 radical (unpaired) electrons. The smallest absolute Gasteiger partial charge is 0.252 e. The van der Waals surface area contributed by atoms with Gasteiger partial charge in [-0.25, -0.2) is 0 Å². The van der Waals surface area contributed by atoms with Crippen LogP contribution in [-0.2, 0) is 6.54 Å². The molecule has 0 bridgehead atoms. The van der Waals surface area contributed by atoms with E-state index in [1.807, 2.05) is 19.1 Å². The molecule has 0 aliphatic heterocycles. The van der Waals surface area contributed by atoms with Crippen LogP contribution in [0.5, 0.6) is 0 Å². The summed E-state index contributed by atoms with van der Waals surface area (Å²) in [6.45, 7) is 9.02. The van der Waals surface area contributed by atoms with Crippen molar-refractivity contribution in [1.82, 2.24) is 4.57 Å². The molecule has 30 heavy (non-hydrogen) atoms. The fourth-order valence-electron chi connectivity index (χ4n) is 3.55. The lowest BCUT2D eigenvalue weighted by Crippen LogP contribution is -2.18. The average Bonchev–Trinajstić information content (AvgIpc) is 2.77. The van der Waals surface area contributed by atoms with Gasteiger partial charge < -0.3 is 4.57 Å². The van der Waals surface area contributed by atoms with Gasteiger partial charge in [0, 0.05) is 18.0 Å². The highest BCUT2D eigenvalue weighted by molar-refractivity contribution is 6.35. The van der Waals surface area contributed by atoms with Gasteiger partial charge in [-0.2, -0.15) is 0 Å². The van der Waals surface area contributed by atoms with E-state index in [2.05, 4.69) is 75.4 Å². The summed E-state index contributed by atoms with van der Waals surface area (Å²) in [6, 6.07) is 18.1. The van der Waals surface area contributed by atoms with Crippen LogP contribution in [0, 0.1) is 0 Å². The number of pyridine rings is 1. The van der Waals surface area contributed by atoms with Crippen molar-refractivity contribution in [3.63, 3.8) is 0 Å². The lowest BCUT2D eigenvalue weighted by molar-refractivity contribution is 0.760. The van der Waals surface area contributed by atoms with Crippen LogP contribution in [0.4, 0.5) is 0 Å². The largest absolute Gasteiger partial charge is 0.308 e. The second-order valence-electron chi connectivity index (χ2n) is 7.44. The fourth-order valence-corrected chi connectivity index (χ4v) is 3.79. The zero-order valence-corrected chi connectivity index (χ0v) is 18.8. The summed E-state index contributed by atoms with van der Waals surface area (Å²) >= 11 is 6.47. The normalized spacial score (nSPS) is 13.2. The van der Waals surface area contributed by atoms with Gasteiger partial charge in [0.15, 0.2) is 0 Å². The Hall–Kier alpha value is -2.84. The molecule has 0 N–H and O–H groups in total. The molecule has 154 valence electrons. The third kappa shape index (κ3) is 4.66. The van der Waals surface area contributed by atoms with E-state index in [0.717, 1.165) is 28.5 Å². The molecule has 0 unspecified atom stereocenters. The summed E-state index contributed by atoms with van der Waals surface area (Å²) in [5.74, 6) is 0. The third-order valence-corrected chi connectivity index (χ3v) is 5.81. The van der Waals surface area contributed by atoms with E-state index >= 15 is 0 Å². The Labute approximate surface area is 183 Å². The lowest BCUT2D eigenvalue weighted by atomic mass is 9.94. The Morgan fingerprint density at radius 1 is 1.00 bits per heavy atom. The summed E-state index contributed by atoms with van der Waals surface area (Å²) in [7, 11) is 0. The number of fused-ring (bicyclic) bond motifs is 1. The highest BCUT2D eigenvalue weighted by Crippen LogP contribution is 2.31. The number of aryl methyl sites for hydroxylation is 1. The van der Waals surface area contributed by atoms with Crippen molar-refractivity contribution < 1.29 is 0 Å². The number of benzene rings is 2. The molecule has 0 aliphatic carbocycles. The topological polar surface area (TPSA) is 22.0 Å². The van der Waals surface area contributed by atoms with Gasteiger partial charge in [0.2, 0.25) is 0 Å². The van der Waals surface area contributed by atoms with Crippen LogP contribution in [0.15, 0.2) is 83.2 Å². The van der Waals surface area contributed by atoms with E-state index in [-0.39, 0.29) is 5.56 Å². The van der Waals surface area contributed by atoms with Gasteiger partial charge in [-0.3, -0.25) is 4.79 Å². The third-order valence-electron chi connectivity index (χ3n) is 5.50. The van der Waals surface area contributed by atoms with E-state index in [1.54, 1.807) is 4.57 Å². The molecule has 3 rings (SSSR count). The minimum absolute atomic E-state index is 0.0703. The molecule has 3 aromatic rings. The molecule has 0 saturated heterocycles. The van der Waals surface area contributed by atoms with Crippen molar-refractivity contribution in [3.05, 3.63) is 105 Å². The van der Waals surface area contributed by atoms with Gasteiger partial charge in [-0.1, -0.05) is 78.7 Å². The van der Waals surface area contributed by atoms with Crippen LogP contribution in [0.3, 0.4) is 0 Å². The number of aromatic nitrogens is 1. The molecule has 0 fully saturated rings. The predicted octanol–water partition coefficient (Wildman–Crippen LogP) is 7.52. The van der Waals surface area contributed by atoms with Gasteiger partial charge in [0.05, 0.1) is 10.5 Å². The van der Waals surface area contributed by atoms with Crippen LogP contribution < -0.4 is 5.56 Å². The van der Waals surface area contributed by atoms with Crippen molar-refractivity contribution in [1.29, 1.82) is 0 Å². The zero-order chi connectivity index (χ0) is 21.7. The Kier molecular flexibility index (Phi) is 7.12. The molecule has 0 amide bonds. The summed E-state index contributed by atoms with van der Waals surface area (Å²) in [4.78, 5) is 12.3. The number of rotatable bonds is 6. The van der Waals surface area contributed by atoms with Crippen molar-refractivity contribution in [2.75, 3.05) is 0 Å². The average molecular weight is 418 g/mol. The van der Waals surface area contributed by atoms with Gasteiger partial charge in [-0.15, -0.1) is 0 Å². The maximum atomic E-state index is 12.3. The molecular formula is C27H28ClNO. The first-order valence-corrected chi connectivity index (χ1v) is 10.8. The molecular weight excluding hydrogens is 390 g/mol. The summed E-state index contributed by atoms with van der Waals surface area (Å²) in [6.07, 6.45) is 7.45. The summed E-state index contributed by atoms with van der Waals surface area (Å²) in [5, 5.41) is 1.38. The summed E-state index contributed by atoms with van der Waals surface area (Å²) < 4.78 is 1.75. The maximum Gasteiger partial charge on any atom is 0.252 e. The van der Waals surface area contributed by atoms with Crippen molar-refractivity contribution in [2.45, 2.75) is 40.7 Å². The van der Waals surface area contributed by atoms with Crippen molar-refractivity contribution in [2.24, 2.45) is 0 Å². The molecule has 3 heteroatoms. The minimum atomic E-state index is -0.0703. The van der Waals surface area contributed by atoms with E-state index < -0.39 is 0 Å². The highest BCUT2D eigenvalue weighted by Gasteiger charge is 2.11. The molecule has 0 saturated carbocycles. The SMILES string of the molecule is CC/C(C)=C/C=C\C(=C(/C)c1ccccc1)c1ccc2c(c1)c(Cl)cc(=O)n2CC. The quantitative estimate of drug-likeness (QED) is 0.300. The Bertz CT molecular complexity index is 1200. The Morgan fingerprint density at radius 2 is 1.73 bits per heavy atom. The molecule has 1 heterocycles. The maximum absolute atomic E-state index is 12.3. The van der Waals surface area contributed by atoms with Crippen LogP contribution in [0.25, 0.3) is 22.0 Å². The number of hydrogen-bond donors (Lipinski definition) is 0. The van der Waals surface area contributed by atoms with Crippen molar-refractivity contribution >= 4 is 33.7 Å². The second kappa shape index (κ2) is 9.77. The number of nitrogens with zero attached hydrogens (tertiary/aromatic N) is 1. The first kappa shape index (κ1) is 21.9. The first-order valence-electron chi connectivity index (χ1n) is 10.4. The Morgan fingerprint density at radius 3 is 2.40 bits per heavy atom. The fraction of sp³-hybridized carbons (Fsp3) is 0.222. The van der Waals surface area contributed by atoms with Gasteiger partial charge >= 0.3 is 0 Å². The first-order chi connectivity index (χ1) is 14.5. The second-order valence-corrected chi connectivity index (χ2v) is 7.84. The molecule has 2 aromatic carbocycles. The van der Waals surface area contributed by atoms with Crippen LogP contribution in [-0.4, -0.2) is 4.57 Å². The standard InChI is InChI=1S/C27H28ClNO/c1-5-19(3)11-10-14-23(20(4)21-12-8-7-9-13-21)22-15-16-26-24(17-22)25(28)18-27(30)29(26)6-2/h7-18H,5-6H2,1-4H3/b14-10-,19-11+,23-20-. The van der Waals surface area contributed by atoms with Gasteiger partial charge in [-0.05, 0) is 61.6 Å². The molecule has 1 aromatic heterocycles. The number of allylic oxidation sites excluding steroid dienone is 6. The van der Waals surface area contributed by atoms with Crippen LogP contribution >= 0.6 is 11.6 Å². The molecule has 0 atom stereocenters. The van der Waals surface area contributed by atoms with E-state index in [0.29, 0.717) is 11.6 Å². The predicted molar refractivity (Wildman–Crippen MR) is 131 cm³/mol. The monoisotopic (exact) mass is 417 g/mol. The van der Waals surface area contributed by atoms with E-state index in [1.165, 1.54) is 22.8 Å². The van der Waals surface area contributed by atoms with Crippen LogP contribution in [0.1, 0.15) is 45.2 Å². The summed E-state index contributed by atoms with van der Waals surface area (Å²) in [5.41, 5.74) is 6.70. The highest BCUT2D eigenvalue weighted by atomic mass is 35.5. The zero-order valence-electron chi connectivity index (χ0n) is 18.1.